The van der Waals surface area contributed by atoms with E-state index in [1.54, 1.807) is 6.08 Å². The summed E-state index contributed by atoms with van der Waals surface area (Å²) in [6.07, 6.45) is 1.77. The number of amides is 1. The summed E-state index contributed by atoms with van der Waals surface area (Å²) in [7, 11) is 0. The van der Waals surface area contributed by atoms with Crippen LogP contribution < -0.4 is 10.1 Å². The molecule has 1 aromatic heterocycles. The molecule has 0 aliphatic rings. The highest BCUT2D eigenvalue weighted by molar-refractivity contribution is 9.10. The van der Waals surface area contributed by atoms with Crippen molar-refractivity contribution in [3.05, 3.63) is 76.5 Å². The Morgan fingerprint density at radius 2 is 2.00 bits per heavy atom. The van der Waals surface area contributed by atoms with Crippen molar-refractivity contribution in [2.45, 2.75) is 32.2 Å². The molecule has 0 spiro atoms. The van der Waals surface area contributed by atoms with Gasteiger partial charge in [-0.3, -0.25) is 9.36 Å². The summed E-state index contributed by atoms with van der Waals surface area (Å²) in [5.74, 6) is 1.56. The van der Waals surface area contributed by atoms with Gasteiger partial charge in [-0.1, -0.05) is 45.9 Å². The van der Waals surface area contributed by atoms with Gasteiger partial charge in [0, 0.05) is 16.7 Å². The molecule has 156 valence electrons. The third-order valence-electron chi connectivity index (χ3n) is 4.50. The average Bonchev–Trinajstić information content (AvgIpc) is 3.11. The van der Waals surface area contributed by atoms with Crippen LogP contribution >= 0.6 is 27.7 Å². The minimum Gasteiger partial charge on any atom is -0.486 e. The van der Waals surface area contributed by atoms with Gasteiger partial charge in [-0.2, -0.15) is 0 Å². The number of benzene rings is 2. The first kappa shape index (κ1) is 22.1. The highest BCUT2D eigenvalue weighted by atomic mass is 79.9. The molecule has 0 aliphatic heterocycles. The van der Waals surface area contributed by atoms with E-state index < -0.39 is 0 Å². The first-order valence-electron chi connectivity index (χ1n) is 9.38. The molecular weight excluding hydrogens is 464 g/mol. The van der Waals surface area contributed by atoms with Crippen LogP contribution in [0, 0.1) is 13.8 Å². The Kier molecular flexibility index (Phi) is 7.70. The predicted octanol–water partition coefficient (Wildman–Crippen LogP) is 5.15. The Labute approximate surface area is 188 Å². The molecule has 0 atom stereocenters. The van der Waals surface area contributed by atoms with E-state index in [4.69, 9.17) is 4.74 Å². The monoisotopic (exact) mass is 486 g/mol. The van der Waals surface area contributed by atoms with Gasteiger partial charge in [0.15, 0.2) is 11.0 Å². The maximum Gasteiger partial charge on any atom is 0.234 e. The van der Waals surface area contributed by atoms with Gasteiger partial charge in [0.05, 0.1) is 5.75 Å². The molecule has 0 bridgehead atoms. The molecule has 0 unspecified atom stereocenters. The second-order valence-electron chi connectivity index (χ2n) is 6.63. The quantitative estimate of drug-likeness (QED) is 0.334. The number of hydrogen-bond donors (Lipinski definition) is 1. The lowest BCUT2D eigenvalue weighted by molar-refractivity contribution is -0.113. The molecule has 0 saturated heterocycles. The molecular formula is C22H23BrN4O2S. The summed E-state index contributed by atoms with van der Waals surface area (Å²) < 4.78 is 8.70. The summed E-state index contributed by atoms with van der Waals surface area (Å²) >= 11 is 4.74. The first-order valence-corrected chi connectivity index (χ1v) is 11.2. The fourth-order valence-electron chi connectivity index (χ4n) is 2.73. The minimum absolute atomic E-state index is 0.0884. The maximum atomic E-state index is 12.4. The lowest BCUT2D eigenvalue weighted by atomic mass is 10.1. The molecule has 2 aromatic carbocycles. The Balaban J connectivity index is 1.62. The highest BCUT2D eigenvalue weighted by Gasteiger charge is 2.15. The predicted molar refractivity (Wildman–Crippen MR) is 124 cm³/mol. The van der Waals surface area contributed by atoms with Crippen LogP contribution in [0.25, 0.3) is 0 Å². The molecule has 30 heavy (non-hydrogen) atoms. The fraction of sp³-hybridized carbons (Fsp3) is 0.227. The number of hydrogen-bond acceptors (Lipinski definition) is 5. The van der Waals surface area contributed by atoms with E-state index in [2.05, 4.69) is 38.0 Å². The number of allylic oxidation sites excluding steroid dienone is 1. The summed E-state index contributed by atoms with van der Waals surface area (Å²) in [6.45, 7) is 8.63. The molecule has 0 fully saturated rings. The standard InChI is InChI=1S/C22H23BrN4O2S/c1-4-12-27-20(13-29-18-10-8-17(23)9-11-18)25-26-22(27)30-14-21(28)24-19-7-5-6-15(2)16(19)3/h4-11H,1,12-14H2,2-3H3,(H,24,28). The molecule has 3 rings (SSSR count). The van der Waals surface area contributed by atoms with Crippen LogP contribution in [0.4, 0.5) is 5.69 Å². The molecule has 8 heteroatoms. The second kappa shape index (κ2) is 10.4. The summed E-state index contributed by atoms with van der Waals surface area (Å²) in [5, 5.41) is 12.1. The zero-order chi connectivity index (χ0) is 21.5. The number of nitrogens with zero attached hydrogens (tertiary/aromatic N) is 3. The van der Waals surface area contributed by atoms with Gasteiger partial charge in [0.2, 0.25) is 5.91 Å². The largest absolute Gasteiger partial charge is 0.486 e. The number of aromatic nitrogens is 3. The molecule has 3 aromatic rings. The van der Waals surface area contributed by atoms with E-state index in [1.807, 2.05) is 60.9 Å². The van der Waals surface area contributed by atoms with E-state index in [0.717, 1.165) is 27.0 Å². The SMILES string of the molecule is C=CCn1c(COc2ccc(Br)cc2)nnc1SCC(=O)Nc1cccc(C)c1C. The molecule has 1 amide bonds. The van der Waals surface area contributed by atoms with Gasteiger partial charge in [0.1, 0.15) is 12.4 Å². The van der Waals surface area contributed by atoms with Crippen molar-refractivity contribution < 1.29 is 9.53 Å². The molecule has 1 heterocycles. The van der Waals surface area contributed by atoms with Crippen LogP contribution in [0.2, 0.25) is 0 Å². The zero-order valence-electron chi connectivity index (χ0n) is 16.9. The molecule has 0 saturated carbocycles. The Morgan fingerprint density at radius 1 is 1.23 bits per heavy atom. The van der Waals surface area contributed by atoms with Crippen molar-refractivity contribution in [2.75, 3.05) is 11.1 Å². The first-order chi connectivity index (χ1) is 14.5. The third-order valence-corrected chi connectivity index (χ3v) is 5.99. The van der Waals surface area contributed by atoms with Crippen molar-refractivity contribution in [1.82, 2.24) is 14.8 Å². The Morgan fingerprint density at radius 3 is 2.73 bits per heavy atom. The van der Waals surface area contributed by atoms with Crippen LogP contribution in [-0.2, 0) is 17.9 Å². The summed E-state index contributed by atoms with van der Waals surface area (Å²) in [5.41, 5.74) is 3.04. The van der Waals surface area contributed by atoms with Crippen LogP contribution in [0.15, 0.2) is 64.7 Å². The van der Waals surface area contributed by atoms with Crippen LogP contribution in [-0.4, -0.2) is 26.4 Å². The number of aryl methyl sites for hydroxylation is 1. The van der Waals surface area contributed by atoms with Gasteiger partial charge in [-0.05, 0) is 55.3 Å². The van der Waals surface area contributed by atoms with E-state index in [0.29, 0.717) is 17.5 Å². The Bertz CT molecular complexity index is 1030. The number of halogens is 1. The number of ether oxygens (including phenoxy) is 1. The van der Waals surface area contributed by atoms with Gasteiger partial charge < -0.3 is 10.1 Å². The molecule has 1 N–H and O–H groups in total. The fourth-order valence-corrected chi connectivity index (χ4v) is 3.76. The van der Waals surface area contributed by atoms with Crippen LogP contribution in [0.5, 0.6) is 5.75 Å². The Hall–Kier alpha value is -2.58. The molecule has 0 radical (unpaired) electrons. The number of nitrogens with one attached hydrogen (secondary N) is 1. The average molecular weight is 487 g/mol. The van der Waals surface area contributed by atoms with E-state index in [1.165, 1.54) is 11.8 Å². The highest BCUT2D eigenvalue weighted by Crippen LogP contribution is 2.22. The molecule has 6 nitrogen and oxygen atoms in total. The summed E-state index contributed by atoms with van der Waals surface area (Å²) in [6, 6.07) is 13.5. The maximum absolute atomic E-state index is 12.4. The van der Waals surface area contributed by atoms with Gasteiger partial charge >= 0.3 is 0 Å². The van der Waals surface area contributed by atoms with E-state index >= 15 is 0 Å². The number of thioether (sulfide) groups is 1. The third kappa shape index (κ3) is 5.73. The van der Waals surface area contributed by atoms with Crippen LogP contribution in [0.1, 0.15) is 17.0 Å². The smallest absolute Gasteiger partial charge is 0.234 e. The minimum atomic E-state index is -0.0884. The zero-order valence-corrected chi connectivity index (χ0v) is 19.3. The normalized spacial score (nSPS) is 10.6. The number of rotatable bonds is 9. The van der Waals surface area contributed by atoms with Crippen molar-refractivity contribution in [3.8, 4) is 5.75 Å². The second-order valence-corrected chi connectivity index (χ2v) is 8.48. The van der Waals surface area contributed by atoms with Crippen molar-refractivity contribution in [2.24, 2.45) is 0 Å². The van der Waals surface area contributed by atoms with Gasteiger partial charge in [-0.25, -0.2) is 0 Å². The molecule has 0 aliphatic carbocycles. The van der Waals surface area contributed by atoms with Gasteiger partial charge in [-0.15, -0.1) is 16.8 Å². The van der Waals surface area contributed by atoms with Gasteiger partial charge in [0.25, 0.3) is 0 Å². The summed E-state index contributed by atoms with van der Waals surface area (Å²) in [4.78, 5) is 12.4. The lowest BCUT2D eigenvalue weighted by Crippen LogP contribution is -2.16. The number of anilines is 1. The number of carbonyl (C=O) groups is 1. The van der Waals surface area contributed by atoms with Crippen molar-refractivity contribution in [3.63, 3.8) is 0 Å². The van der Waals surface area contributed by atoms with Crippen LogP contribution in [0.3, 0.4) is 0 Å². The topological polar surface area (TPSA) is 69.0 Å². The van der Waals surface area contributed by atoms with Crippen molar-refractivity contribution in [1.29, 1.82) is 0 Å². The lowest BCUT2D eigenvalue weighted by Gasteiger charge is -2.11. The number of carbonyl (C=O) groups excluding carboxylic acids is 1. The van der Waals surface area contributed by atoms with E-state index in [-0.39, 0.29) is 18.3 Å². The van der Waals surface area contributed by atoms with E-state index in [9.17, 15) is 4.79 Å². The van der Waals surface area contributed by atoms with Crippen molar-refractivity contribution >= 4 is 39.3 Å².